The molecule has 0 radical (unpaired) electrons. The number of hydrogen-bond donors (Lipinski definition) is 2. The van der Waals surface area contributed by atoms with Crippen molar-refractivity contribution in [1.82, 2.24) is 10.3 Å². The van der Waals surface area contributed by atoms with Crippen molar-refractivity contribution in [1.29, 1.82) is 5.26 Å². The van der Waals surface area contributed by atoms with Crippen LogP contribution in [0.2, 0.25) is 0 Å². The number of carbonyl (C=O) groups excluding carboxylic acids is 2. The Morgan fingerprint density at radius 1 is 1.48 bits per heavy atom. The van der Waals surface area contributed by atoms with E-state index in [4.69, 9.17) is 11.0 Å². The molecule has 3 N–H and O–H groups in total. The van der Waals surface area contributed by atoms with E-state index in [-0.39, 0.29) is 11.3 Å². The molecule has 8 heteroatoms. The summed E-state index contributed by atoms with van der Waals surface area (Å²) in [5.41, 5.74) is 4.09. The molecule has 0 bridgehead atoms. The van der Waals surface area contributed by atoms with Crippen LogP contribution >= 0.6 is 0 Å². The first-order valence-electron chi connectivity index (χ1n) is 7.11. The number of primary amides is 1. The molecule has 0 unspecified atom stereocenters. The van der Waals surface area contributed by atoms with Crippen LogP contribution in [0.4, 0.5) is 8.78 Å². The molecule has 0 atom stereocenters. The van der Waals surface area contributed by atoms with Crippen molar-refractivity contribution in [3.8, 4) is 6.07 Å². The highest BCUT2D eigenvalue weighted by Gasteiger charge is 2.44. The number of alkyl halides is 2. The van der Waals surface area contributed by atoms with Gasteiger partial charge in [0.05, 0.1) is 6.07 Å². The van der Waals surface area contributed by atoms with Crippen LogP contribution in [0.15, 0.2) is 18.3 Å². The van der Waals surface area contributed by atoms with Gasteiger partial charge in [-0.05, 0) is 24.5 Å². The van der Waals surface area contributed by atoms with Crippen LogP contribution in [0.25, 0.3) is 0 Å². The Morgan fingerprint density at radius 2 is 2.17 bits per heavy atom. The second-order valence-electron chi connectivity index (χ2n) is 5.65. The lowest BCUT2D eigenvalue weighted by Gasteiger charge is -2.17. The zero-order valence-electron chi connectivity index (χ0n) is 12.3. The number of hydrogen-bond acceptors (Lipinski definition) is 4. The number of carbonyl (C=O) groups is 2. The van der Waals surface area contributed by atoms with Gasteiger partial charge in [-0.25, -0.2) is 8.78 Å². The van der Waals surface area contributed by atoms with Crippen LogP contribution in [0.1, 0.15) is 41.7 Å². The van der Waals surface area contributed by atoms with E-state index in [1.807, 2.05) is 6.07 Å². The minimum atomic E-state index is -3.19. The summed E-state index contributed by atoms with van der Waals surface area (Å²) >= 11 is 0. The van der Waals surface area contributed by atoms with E-state index >= 15 is 0 Å². The highest BCUT2D eigenvalue weighted by atomic mass is 19.3. The predicted molar refractivity (Wildman–Crippen MR) is 76.4 cm³/mol. The number of halogens is 2. The third kappa shape index (κ3) is 4.45. The third-order valence-corrected chi connectivity index (χ3v) is 3.63. The Balaban J connectivity index is 1.93. The lowest BCUT2D eigenvalue weighted by atomic mass is 10.0. The Hall–Kier alpha value is -2.56. The maximum absolute atomic E-state index is 14.0. The maximum Gasteiger partial charge on any atom is 0.267 e. The van der Waals surface area contributed by atoms with Gasteiger partial charge in [0.25, 0.3) is 11.8 Å². The van der Waals surface area contributed by atoms with E-state index in [0.717, 1.165) is 0 Å². The van der Waals surface area contributed by atoms with E-state index < -0.39 is 42.5 Å². The number of aromatic nitrogens is 1. The quantitative estimate of drug-likeness (QED) is 0.788. The van der Waals surface area contributed by atoms with Gasteiger partial charge in [-0.2, -0.15) is 5.26 Å². The SMILES string of the molecule is N#CC1(NC(=O)CCC(F)(F)Cc2cccnc2C(N)=O)CC1. The first-order valence-corrected chi connectivity index (χ1v) is 7.11. The van der Waals surface area contributed by atoms with Crippen LogP contribution in [0.3, 0.4) is 0 Å². The molecule has 1 saturated carbocycles. The molecular formula is C15H16F2N4O2. The molecule has 0 saturated heterocycles. The van der Waals surface area contributed by atoms with Crippen LogP contribution in [-0.2, 0) is 11.2 Å². The van der Waals surface area contributed by atoms with Crippen molar-refractivity contribution in [3.05, 3.63) is 29.6 Å². The van der Waals surface area contributed by atoms with E-state index in [1.165, 1.54) is 18.3 Å². The molecule has 0 aromatic carbocycles. The Kier molecular flexibility index (Phi) is 4.59. The third-order valence-electron chi connectivity index (χ3n) is 3.63. The molecule has 0 aliphatic heterocycles. The number of nitrogens with one attached hydrogen (secondary N) is 1. The largest absolute Gasteiger partial charge is 0.364 e. The summed E-state index contributed by atoms with van der Waals surface area (Å²) in [6.07, 6.45) is 0.574. The molecule has 6 nitrogen and oxygen atoms in total. The fraction of sp³-hybridized carbons (Fsp3) is 0.467. The normalized spacial score (nSPS) is 15.5. The summed E-state index contributed by atoms with van der Waals surface area (Å²) in [6, 6.07) is 4.76. The summed E-state index contributed by atoms with van der Waals surface area (Å²) in [5.74, 6) is -4.64. The minimum Gasteiger partial charge on any atom is -0.364 e. The summed E-state index contributed by atoms with van der Waals surface area (Å²) in [6.45, 7) is 0. The molecule has 122 valence electrons. The van der Waals surface area contributed by atoms with Crippen molar-refractivity contribution in [3.63, 3.8) is 0 Å². The van der Waals surface area contributed by atoms with E-state index in [1.54, 1.807) is 0 Å². The standard InChI is InChI=1S/C15H16F2N4O2/c16-15(17,4-3-11(22)21-14(9-18)5-6-14)8-10-2-1-7-20-12(10)13(19)23/h1-2,7H,3-6,8H2,(H2,19,23)(H,21,22). The smallest absolute Gasteiger partial charge is 0.267 e. The fourth-order valence-corrected chi connectivity index (χ4v) is 2.19. The highest BCUT2D eigenvalue weighted by molar-refractivity contribution is 5.92. The zero-order valence-corrected chi connectivity index (χ0v) is 12.3. The van der Waals surface area contributed by atoms with Crippen LogP contribution in [0.5, 0.6) is 0 Å². The van der Waals surface area contributed by atoms with Crippen molar-refractivity contribution < 1.29 is 18.4 Å². The minimum absolute atomic E-state index is 0.0427. The molecule has 23 heavy (non-hydrogen) atoms. The molecule has 1 heterocycles. The average molecular weight is 322 g/mol. The molecule has 0 spiro atoms. The first kappa shape index (κ1) is 16.8. The fourth-order valence-electron chi connectivity index (χ4n) is 2.19. The van der Waals surface area contributed by atoms with Gasteiger partial charge in [-0.3, -0.25) is 14.6 Å². The Bertz CT molecular complexity index is 666. The number of rotatable bonds is 7. The van der Waals surface area contributed by atoms with Crippen molar-refractivity contribution in [2.75, 3.05) is 0 Å². The Labute approximate surface area is 131 Å². The van der Waals surface area contributed by atoms with Gasteiger partial charge in [-0.15, -0.1) is 0 Å². The highest BCUT2D eigenvalue weighted by Crippen LogP contribution is 2.34. The van der Waals surface area contributed by atoms with Crippen molar-refractivity contribution in [2.45, 2.75) is 43.6 Å². The van der Waals surface area contributed by atoms with Gasteiger partial charge in [0, 0.05) is 25.5 Å². The van der Waals surface area contributed by atoms with Gasteiger partial charge >= 0.3 is 0 Å². The maximum atomic E-state index is 14.0. The molecular weight excluding hydrogens is 306 g/mol. The van der Waals surface area contributed by atoms with Crippen LogP contribution in [-0.4, -0.2) is 28.3 Å². The lowest BCUT2D eigenvalue weighted by Crippen LogP contribution is -2.36. The Morgan fingerprint density at radius 3 is 2.74 bits per heavy atom. The molecule has 2 amide bonds. The second kappa shape index (κ2) is 6.28. The average Bonchev–Trinajstić information content (AvgIpc) is 3.25. The molecule has 1 aromatic heterocycles. The van der Waals surface area contributed by atoms with E-state index in [9.17, 15) is 18.4 Å². The molecule has 1 aromatic rings. The van der Waals surface area contributed by atoms with Crippen LogP contribution in [0, 0.1) is 11.3 Å². The monoisotopic (exact) mass is 322 g/mol. The number of pyridine rings is 1. The number of amides is 2. The molecule has 1 aliphatic rings. The number of nitrogens with two attached hydrogens (primary N) is 1. The van der Waals surface area contributed by atoms with E-state index in [0.29, 0.717) is 12.8 Å². The summed E-state index contributed by atoms with van der Waals surface area (Å²) in [7, 11) is 0. The van der Waals surface area contributed by atoms with Crippen LogP contribution < -0.4 is 11.1 Å². The number of nitriles is 1. The summed E-state index contributed by atoms with van der Waals surface area (Å²) < 4.78 is 28.0. The van der Waals surface area contributed by atoms with Gasteiger partial charge in [0.1, 0.15) is 11.2 Å². The predicted octanol–water partition coefficient (Wildman–Crippen LogP) is 1.31. The summed E-state index contributed by atoms with van der Waals surface area (Å²) in [4.78, 5) is 26.5. The van der Waals surface area contributed by atoms with E-state index in [2.05, 4.69) is 10.3 Å². The molecule has 2 rings (SSSR count). The lowest BCUT2D eigenvalue weighted by molar-refractivity contribution is -0.123. The van der Waals surface area contributed by atoms with Gasteiger partial charge in [0.2, 0.25) is 5.91 Å². The zero-order chi connectivity index (χ0) is 17.1. The second-order valence-corrected chi connectivity index (χ2v) is 5.65. The summed E-state index contributed by atoms with van der Waals surface area (Å²) in [5, 5.41) is 11.3. The van der Waals surface area contributed by atoms with Crippen molar-refractivity contribution in [2.24, 2.45) is 5.73 Å². The van der Waals surface area contributed by atoms with Gasteiger partial charge in [0.15, 0.2) is 0 Å². The first-order chi connectivity index (χ1) is 10.8. The molecule has 1 aliphatic carbocycles. The molecule has 1 fully saturated rings. The van der Waals surface area contributed by atoms with Gasteiger partial charge < -0.3 is 11.1 Å². The number of nitrogens with zero attached hydrogens (tertiary/aromatic N) is 2. The van der Waals surface area contributed by atoms with Gasteiger partial charge in [-0.1, -0.05) is 6.07 Å². The topological polar surface area (TPSA) is 109 Å². The van der Waals surface area contributed by atoms with Crippen molar-refractivity contribution >= 4 is 11.8 Å².